The van der Waals surface area contributed by atoms with Crippen LogP contribution >= 0.6 is 0 Å². The van der Waals surface area contributed by atoms with E-state index in [0.29, 0.717) is 17.7 Å². The van der Waals surface area contributed by atoms with Crippen molar-refractivity contribution < 1.29 is 19.1 Å². The molecule has 5 heteroatoms. The highest BCUT2D eigenvalue weighted by atomic mass is 16.5. The Kier molecular flexibility index (Phi) is 4.88. The summed E-state index contributed by atoms with van der Waals surface area (Å²) in [5.74, 6) is 1.48. The van der Waals surface area contributed by atoms with Crippen LogP contribution in [0.15, 0.2) is 28.7 Å². The maximum Gasteiger partial charge on any atom is 0.337 e. The summed E-state index contributed by atoms with van der Waals surface area (Å²) in [4.78, 5) is 11.5. The van der Waals surface area contributed by atoms with E-state index < -0.39 is 5.97 Å². The van der Waals surface area contributed by atoms with Crippen LogP contribution in [0.2, 0.25) is 0 Å². The summed E-state index contributed by atoms with van der Waals surface area (Å²) < 4.78 is 10.2. The van der Waals surface area contributed by atoms with Crippen molar-refractivity contribution in [1.82, 2.24) is 5.32 Å². The summed E-state index contributed by atoms with van der Waals surface area (Å²) in [6.45, 7) is 6.30. The standard InChI is InChI=1S/C17H21NO4/c1-10-7-15(12(3)22-10)11(2)18-9-14-8-13(17(20)21-4)5-6-16(14)19/h5-8,11,18-19H,9H2,1-4H3. The molecule has 1 heterocycles. The number of benzene rings is 1. The first-order valence-electron chi connectivity index (χ1n) is 7.13. The van der Waals surface area contributed by atoms with Gasteiger partial charge < -0.3 is 19.6 Å². The van der Waals surface area contributed by atoms with Crippen molar-refractivity contribution in [3.63, 3.8) is 0 Å². The fraction of sp³-hybridized carbons (Fsp3) is 0.353. The van der Waals surface area contributed by atoms with Crippen molar-refractivity contribution >= 4 is 5.97 Å². The molecule has 5 nitrogen and oxygen atoms in total. The Morgan fingerprint density at radius 1 is 1.36 bits per heavy atom. The van der Waals surface area contributed by atoms with E-state index in [1.165, 1.54) is 19.2 Å². The van der Waals surface area contributed by atoms with Gasteiger partial charge in [0.25, 0.3) is 0 Å². The third-order valence-corrected chi connectivity index (χ3v) is 3.65. The van der Waals surface area contributed by atoms with E-state index >= 15 is 0 Å². The molecule has 1 unspecified atom stereocenters. The van der Waals surface area contributed by atoms with E-state index in [9.17, 15) is 9.90 Å². The Bertz CT molecular complexity index is 675. The molecule has 0 fully saturated rings. The van der Waals surface area contributed by atoms with Crippen LogP contribution in [0, 0.1) is 13.8 Å². The predicted molar refractivity (Wildman–Crippen MR) is 82.9 cm³/mol. The third-order valence-electron chi connectivity index (χ3n) is 3.65. The summed E-state index contributed by atoms with van der Waals surface area (Å²) in [5, 5.41) is 13.2. The lowest BCUT2D eigenvalue weighted by Gasteiger charge is -2.14. The molecule has 0 spiro atoms. The number of phenolic OH excluding ortho intramolecular Hbond substituents is 1. The maximum absolute atomic E-state index is 11.5. The first-order valence-corrected chi connectivity index (χ1v) is 7.13. The largest absolute Gasteiger partial charge is 0.508 e. The number of rotatable bonds is 5. The number of hydrogen-bond donors (Lipinski definition) is 2. The summed E-state index contributed by atoms with van der Waals surface area (Å²) >= 11 is 0. The van der Waals surface area contributed by atoms with Gasteiger partial charge in [-0.3, -0.25) is 0 Å². The van der Waals surface area contributed by atoms with Gasteiger partial charge in [0.2, 0.25) is 0 Å². The van der Waals surface area contributed by atoms with E-state index in [4.69, 9.17) is 9.15 Å². The maximum atomic E-state index is 11.5. The SMILES string of the molecule is COC(=O)c1ccc(O)c(CNC(C)c2cc(C)oc2C)c1. The molecule has 2 N–H and O–H groups in total. The fourth-order valence-corrected chi connectivity index (χ4v) is 2.43. The Morgan fingerprint density at radius 2 is 2.09 bits per heavy atom. The lowest BCUT2D eigenvalue weighted by Crippen LogP contribution is -2.18. The number of aryl methyl sites for hydroxylation is 2. The average Bonchev–Trinajstić information content (AvgIpc) is 2.84. The van der Waals surface area contributed by atoms with Crippen LogP contribution in [0.4, 0.5) is 0 Å². The Morgan fingerprint density at radius 3 is 2.68 bits per heavy atom. The van der Waals surface area contributed by atoms with Gasteiger partial charge in [-0.25, -0.2) is 4.79 Å². The zero-order valence-corrected chi connectivity index (χ0v) is 13.3. The highest BCUT2D eigenvalue weighted by molar-refractivity contribution is 5.89. The molecule has 2 rings (SSSR count). The lowest BCUT2D eigenvalue weighted by atomic mass is 10.1. The number of carbonyl (C=O) groups is 1. The molecule has 0 saturated carbocycles. The smallest absolute Gasteiger partial charge is 0.337 e. The summed E-state index contributed by atoms with van der Waals surface area (Å²) in [7, 11) is 1.33. The zero-order valence-electron chi connectivity index (χ0n) is 13.3. The predicted octanol–water partition coefficient (Wildman–Crippen LogP) is 3.24. The van der Waals surface area contributed by atoms with Gasteiger partial charge in [-0.05, 0) is 45.0 Å². The zero-order chi connectivity index (χ0) is 16.3. The van der Waals surface area contributed by atoms with Gasteiger partial charge in [-0.2, -0.15) is 0 Å². The second kappa shape index (κ2) is 6.66. The van der Waals surface area contributed by atoms with E-state index in [1.807, 2.05) is 26.8 Å². The minimum Gasteiger partial charge on any atom is -0.508 e. The van der Waals surface area contributed by atoms with Gasteiger partial charge in [-0.15, -0.1) is 0 Å². The van der Waals surface area contributed by atoms with E-state index in [-0.39, 0.29) is 11.8 Å². The van der Waals surface area contributed by atoms with Crippen LogP contribution in [-0.4, -0.2) is 18.2 Å². The first kappa shape index (κ1) is 16.1. The molecule has 0 aliphatic carbocycles. The Hall–Kier alpha value is -2.27. The molecule has 0 radical (unpaired) electrons. The van der Waals surface area contributed by atoms with Gasteiger partial charge in [0, 0.05) is 23.7 Å². The van der Waals surface area contributed by atoms with Gasteiger partial charge in [0.1, 0.15) is 17.3 Å². The molecule has 0 aliphatic heterocycles. The molecular formula is C17H21NO4. The van der Waals surface area contributed by atoms with Crippen molar-refractivity contribution in [2.24, 2.45) is 0 Å². The summed E-state index contributed by atoms with van der Waals surface area (Å²) in [6, 6.07) is 6.74. The monoisotopic (exact) mass is 303 g/mol. The molecule has 0 bridgehead atoms. The minimum absolute atomic E-state index is 0.0682. The molecule has 22 heavy (non-hydrogen) atoms. The van der Waals surface area contributed by atoms with Crippen LogP contribution in [-0.2, 0) is 11.3 Å². The van der Waals surface area contributed by atoms with Crippen molar-refractivity contribution in [2.75, 3.05) is 7.11 Å². The topological polar surface area (TPSA) is 71.7 Å². The second-order valence-corrected chi connectivity index (χ2v) is 5.31. The number of nitrogens with one attached hydrogen (secondary N) is 1. The lowest BCUT2D eigenvalue weighted by molar-refractivity contribution is 0.0600. The Labute approximate surface area is 129 Å². The van der Waals surface area contributed by atoms with Gasteiger partial charge in [0.15, 0.2) is 0 Å². The number of hydrogen-bond acceptors (Lipinski definition) is 5. The number of carbonyl (C=O) groups excluding carboxylic acids is 1. The highest BCUT2D eigenvalue weighted by Gasteiger charge is 2.14. The molecule has 0 amide bonds. The normalized spacial score (nSPS) is 12.2. The minimum atomic E-state index is -0.421. The number of methoxy groups -OCH3 is 1. The van der Waals surface area contributed by atoms with Crippen molar-refractivity contribution in [1.29, 1.82) is 0 Å². The van der Waals surface area contributed by atoms with Crippen molar-refractivity contribution in [3.8, 4) is 5.75 Å². The number of ether oxygens (including phenoxy) is 1. The van der Waals surface area contributed by atoms with E-state index in [2.05, 4.69) is 5.32 Å². The fourth-order valence-electron chi connectivity index (χ4n) is 2.43. The first-order chi connectivity index (χ1) is 10.4. The summed E-state index contributed by atoms with van der Waals surface area (Å²) in [6.07, 6.45) is 0. The Balaban J connectivity index is 2.10. The molecule has 1 atom stereocenters. The molecular weight excluding hydrogens is 282 g/mol. The van der Waals surface area contributed by atoms with Crippen molar-refractivity contribution in [3.05, 3.63) is 52.5 Å². The van der Waals surface area contributed by atoms with Gasteiger partial charge >= 0.3 is 5.97 Å². The molecule has 118 valence electrons. The van der Waals surface area contributed by atoms with Gasteiger partial charge in [-0.1, -0.05) is 0 Å². The van der Waals surface area contributed by atoms with Crippen LogP contribution in [0.5, 0.6) is 5.75 Å². The van der Waals surface area contributed by atoms with Crippen LogP contribution in [0.25, 0.3) is 0 Å². The molecule has 1 aromatic heterocycles. The van der Waals surface area contributed by atoms with Gasteiger partial charge in [0.05, 0.1) is 12.7 Å². The molecule has 0 saturated heterocycles. The van der Waals surface area contributed by atoms with Crippen molar-refractivity contribution in [2.45, 2.75) is 33.4 Å². The molecule has 0 aliphatic rings. The molecule has 2 aromatic rings. The highest BCUT2D eigenvalue weighted by Crippen LogP contribution is 2.23. The average molecular weight is 303 g/mol. The quantitative estimate of drug-likeness (QED) is 0.830. The number of furan rings is 1. The second-order valence-electron chi connectivity index (χ2n) is 5.31. The summed E-state index contributed by atoms with van der Waals surface area (Å²) in [5.41, 5.74) is 2.15. The van der Waals surface area contributed by atoms with E-state index in [0.717, 1.165) is 17.1 Å². The molecule has 1 aromatic carbocycles. The van der Waals surface area contributed by atoms with E-state index in [1.54, 1.807) is 6.07 Å². The third kappa shape index (κ3) is 3.49. The van der Waals surface area contributed by atoms with Crippen LogP contribution in [0.3, 0.4) is 0 Å². The number of esters is 1. The number of aromatic hydroxyl groups is 1. The van der Waals surface area contributed by atoms with Crippen LogP contribution < -0.4 is 5.32 Å². The van der Waals surface area contributed by atoms with Crippen LogP contribution in [0.1, 0.15) is 46.0 Å². The number of phenols is 1.